The quantitative estimate of drug-likeness (QED) is 0.773. The van der Waals surface area contributed by atoms with E-state index in [4.69, 9.17) is 0 Å². The molecule has 0 atom stereocenters. The summed E-state index contributed by atoms with van der Waals surface area (Å²) in [6.45, 7) is 0.334. The number of fused-ring (bicyclic) bond motifs is 3. The number of amides is 1. The molecule has 0 radical (unpaired) electrons. The summed E-state index contributed by atoms with van der Waals surface area (Å²) in [6.07, 6.45) is 5.43. The van der Waals surface area contributed by atoms with Crippen LogP contribution in [-0.2, 0) is 30.7 Å². The van der Waals surface area contributed by atoms with Crippen LogP contribution >= 0.6 is 0 Å². The third kappa shape index (κ3) is 3.05. The van der Waals surface area contributed by atoms with E-state index in [1.807, 2.05) is 30.3 Å². The van der Waals surface area contributed by atoms with Gasteiger partial charge in [-0.1, -0.05) is 30.3 Å². The van der Waals surface area contributed by atoms with Gasteiger partial charge in [0.15, 0.2) is 0 Å². The van der Waals surface area contributed by atoms with Gasteiger partial charge in [0.05, 0.1) is 5.69 Å². The van der Waals surface area contributed by atoms with Crippen molar-refractivity contribution in [1.82, 2.24) is 24.7 Å². The monoisotopic (exact) mass is 337 g/mol. The summed E-state index contributed by atoms with van der Waals surface area (Å²) in [5.41, 5.74) is 3.30. The highest BCUT2D eigenvalue weighted by Gasteiger charge is 2.20. The zero-order valence-corrected chi connectivity index (χ0v) is 13.8. The third-order valence-electron chi connectivity index (χ3n) is 4.55. The molecular formula is C18H19N5O2. The lowest BCUT2D eigenvalue weighted by atomic mass is 9.97. The minimum Gasteiger partial charge on any atom is -0.350 e. The van der Waals surface area contributed by atoms with E-state index < -0.39 is 0 Å². The number of hydrogen-bond acceptors (Lipinski definition) is 4. The predicted octanol–water partition coefficient (Wildman–Crippen LogP) is 1.09. The van der Waals surface area contributed by atoms with Crippen molar-refractivity contribution in [2.45, 2.75) is 38.8 Å². The first-order valence-corrected chi connectivity index (χ1v) is 8.49. The van der Waals surface area contributed by atoms with Crippen LogP contribution < -0.4 is 10.9 Å². The van der Waals surface area contributed by atoms with E-state index in [-0.39, 0.29) is 18.0 Å². The van der Waals surface area contributed by atoms with E-state index >= 15 is 0 Å². The third-order valence-corrected chi connectivity index (χ3v) is 4.55. The number of aromatic nitrogens is 4. The number of carbonyl (C=O) groups is 1. The molecule has 1 aromatic carbocycles. The standard InChI is InChI=1S/C18H19N5O2/c24-16(19-10-13-6-2-1-3-7-13)11-22-18(25)17-14-8-4-5-9-15(14)21-23(17)12-20-22/h1-3,6-7,12H,4-5,8-11H2,(H,19,24). The highest BCUT2D eigenvalue weighted by atomic mass is 16.2. The van der Waals surface area contributed by atoms with E-state index in [9.17, 15) is 9.59 Å². The first-order chi connectivity index (χ1) is 12.2. The second-order valence-electron chi connectivity index (χ2n) is 6.28. The maximum absolute atomic E-state index is 12.7. The van der Waals surface area contributed by atoms with Gasteiger partial charge in [0.25, 0.3) is 5.56 Å². The fraction of sp³-hybridized carbons (Fsp3) is 0.333. The van der Waals surface area contributed by atoms with Crippen LogP contribution in [0.15, 0.2) is 41.5 Å². The summed E-state index contributed by atoms with van der Waals surface area (Å²) >= 11 is 0. The first kappa shape index (κ1) is 15.6. The highest BCUT2D eigenvalue weighted by molar-refractivity contribution is 5.75. The molecule has 1 N–H and O–H groups in total. The Kier molecular flexibility index (Phi) is 4.05. The van der Waals surface area contributed by atoms with Crippen LogP contribution in [0.4, 0.5) is 0 Å². The molecule has 4 rings (SSSR count). The summed E-state index contributed by atoms with van der Waals surface area (Å²) in [4.78, 5) is 24.9. The van der Waals surface area contributed by atoms with Gasteiger partial charge in [0.2, 0.25) is 5.91 Å². The fourth-order valence-electron chi connectivity index (χ4n) is 3.27. The Morgan fingerprint density at radius 2 is 1.96 bits per heavy atom. The molecule has 2 aromatic heterocycles. The lowest BCUT2D eigenvalue weighted by molar-refractivity contribution is -0.122. The van der Waals surface area contributed by atoms with Crippen LogP contribution in [0.3, 0.4) is 0 Å². The molecule has 0 saturated carbocycles. The van der Waals surface area contributed by atoms with E-state index in [1.54, 1.807) is 4.52 Å². The molecule has 7 heteroatoms. The van der Waals surface area contributed by atoms with Gasteiger partial charge in [0.1, 0.15) is 18.4 Å². The Bertz CT molecular complexity index is 974. The zero-order valence-electron chi connectivity index (χ0n) is 13.8. The molecule has 7 nitrogen and oxygen atoms in total. The molecule has 0 spiro atoms. The summed E-state index contributed by atoms with van der Waals surface area (Å²) in [6, 6.07) is 9.65. The maximum Gasteiger partial charge on any atom is 0.293 e. The molecule has 0 unspecified atom stereocenters. The Morgan fingerprint density at radius 3 is 2.80 bits per heavy atom. The number of aryl methyl sites for hydroxylation is 2. The van der Waals surface area contributed by atoms with Gasteiger partial charge in [-0.15, -0.1) is 0 Å². The van der Waals surface area contributed by atoms with Crippen molar-refractivity contribution in [3.63, 3.8) is 0 Å². The van der Waals surface area contributed by atoms with Crippen LogP contribution in [0.2, 0.25) is 0 Å². The topological polar surface area (TPSA) is 81.3 Å². The number of benzene rings is 1. The van der Waals surface area contributed by atoms with Crippen molar-refractivity contribution in [2.75, 3.05) is 0 Å². The normalized spacial score (nSPS) is 13.6. The summed E-state index contributed by atoms with van der Waals surface area (Å²) in [5.74, 6) is -0.240. The Hall–Kier alpha value is -2.96. The SMILES string of the molecule is O=C(Cn1ncn2nc3c(c2c1=O)CCCC3)NCc1ccccc1. The molecule has 1 aliphatic carbocycles. The first-order valence-electron chi connectivity index (χ1n) is 8.49. The van der Waals surface area contributed by atoms with Crippen molar-refractivity contribution >= 4 is 11.4 Å². The van der Waals surface area contributed by atoms with Gasteiger partial charge >= 0.3 is 0 Å². The lowest BCUT2D eigenvalue weighted by Gasteiger charge is -2.09. The van der Waals surface area contributed by atoms with Crippen LogP contribution in [0, 0.1) is 0 Å². The van der Waals surface area contributed by atoms with Crippen molar-refractivity contribution in [3.8, 4) is 0 Å². The van der Waals surface area contributed by atoms with Crippen LogP contribution in [-0.4, -0.2) is 25.3 Å². The predicted molar refractivity (Wildman–Crippen MR) is 92.2 cm³/mol. The summed E-state index contributed by atoms with van der Waals surface area (Å²) < 4.78 is 2.77. The largest absolute Gasteiger partial charge is 0.350 e. The van der Waals surface area contributed by atoms with Crippen LogP contribution in [0.25, 0.3) is 5.52 Å². The van der Waals surface area contributed by atoms with Gasteiger partial charge in [-0.2, -0.15) is 10.2 Å². The molecule has 2 heterocycles. The molecule has 25 heavy (non-hydrogen) atoms. The second-order valence-corrected chi connectivity index (χ2v) is 6.28. The van der Waals surface area contributed by atoms with Gasteiger partial charge in [-0.3, -0.25) is 9.59 Å². The lowest BCUT2D eigenvalue weighted by Crippen LogP contribution is -2.34. The molecule has 128 valence electrons. The average molecular weight is 337 g/mol. The molecule has 0 bridgehead atoms. The average Bonchev–Trinajstić information content (AvgIpc) is 3.02. The number of rotatable bonds is 4. The van der Waals surface area contributed by atoms with Crippen molar-refractivity contribution < 1.29 is 4.79 Å². The van der Waals surface area contributed by atoms with Crippen molar-refractivity contribution in [2.24, 2.45) is 0 Å². The van der Waals surface area contributed by atoms with Gasteiger partial charge in [-0.05, 0) is 31.2 Å². The Morgan fingerprint density at radius 1 is 1.16 bits per heavy atom. The smallest absolute Gasteiger partial charge is 0.293 e. The molecule has 1 aliphatic rings. The zero-order chi connectivity index (χ0) is 17.2. The van der Waals surface area contributed by atoms with E-state index in [0.29, 0.717) is 12.1 Å². The van der Waals surface area contributed by atoms with Crippen LogP contribution in [0.1, 0.15) is 29.7 Å². The minimum absolute atomic E-state index is 0.0951. The number of nitrogens with one attached hydrogen (secondary N) is 1. The molecule has 3 aromatic rings. The van der Waals surface area contributed by atoms with Gasteiger partial charge in [0, 0.05) is 12.1 Å². The van der Waals surface area contributed by atoms with E-state index in [2.05, 4.69) is 15.5 Å². The van der Waals surface area contributed by atoms with Gasteiger partial charge in [-0.25, -0.2) is 9.20 Å². The van der Waals surface area contributed by atoms with Crippen molar-refractivity contribution in [1.29, 1.82) is 0 Å². The minimum atomic E-state index is -0.256. The van der Waals surface area contributed by atoms with Gasteiger partial charge < -0.3 is 5.32 Å². The van der Waals surface area contributed by atoms with E-state index in [1.165, 1.54) is 11.0 Å². The molecular weight excluding hydrogens is 318 g/mol. The fourth-order valence-corrected chi connectivity index (χ4v) is 3.27. The number of carbonyl (C=O) groups excluding carboxylic acids is 1. The maximum atomic E-state index is 12.7. The molecule has 1 amide bonds. The van der Waals surface area contributed by atoms with Crippen molar-refractivity contribution in [3.05, 3.63) is 63.8 Å². The molecule has 0 aliphatic heterocycles. The summed E-state index contributed by atoms with van der Waals surface area (Å²) in [5, 5.41) is 11.4. The Balaban J connectivity index is 1.54. The second kappa shape index (κ2) is 6.51. The molecule has 0 fully saturated rings. The van der Waals surface area contributed by atoms with Crippen LogP contribution in [0.5, 0.6) is 0 Å². The number of hydrogen-bond donors (Lipinski definition) is 1. The number of nitrogens with zero attached hydrogens (tertiary/aromatic N) is 4. The van der Waals surface area contributed by atoms with E-state index in [0.717, 1.165) is 42.5 Å². The Labute approximate surface area is 144 Å². The molecule has 0 saturated heterocycles. The highest BCUT2D eigenvalue weighted by Crippen LogP contribution is 2.22. The summed E-state index contributed by atoms with van der Waals surface area (Å²) in [7, 11) is 0.